The van der Waals surface area contributed by atoms with Gasteiger partial charge in [0.15, 0.2) is 0 Å². The lowest BCUT2D eigenvalue weighted by molar-refractivity contribution is -0.119. The van der Waals surface area contributed by atoms with Crippen LogP contribution in [-0.4, -0.2) is 43.3 Å². The Bertz CT molecular complexity index is 313. The Morgan fingerprint density at radius 2 is 2.16 bits per heavy atom. The molecular formula is C13H25N3O3. The van der Waals surface area contributed by atoms with Crippen molar-refractivity contribution in [2.24, 2.45) is 0 Å². The smallest absolute Gasteiger partial charge is 0.407 e. The molecule has 0 spiro atoms. The second kappa shape index (κ2) is 7.33. The number of carbonyl (C=O) groups is 2. The molecule has 0 radical (unpaired) electrons. The summed E-state index contributed by atoms with van der Waals surface area (Å²) >= 11 is 0. The van der Waals surface area contributed by atoms with Crippen molar-refractivity contribution in [1.29, 1.82) is 0 Å². The quantitative estimate of drug-likeness (QED) is 0.623. The van der Waals surface area contributed by atoms with Gasteiger partial charge in [-0.05, 0) is 40.2 Å². The monoisotopic (exact) mass is 271 g/mol. The van der Waals surface area contributed by atoms with Crippen LogP contribution < -0.4 is 16.0 Å². The minimum Gasteiger partial charge on any atom is -0.444 e. The van der Waals surface area contributed by atoms with Gasteiger partial charge in [-0.15, -0.1) is 0 Å². The third-order valence-corrected chi connectivity index (χ3v) is 2.67. The molecule has 19 heavy (non-hydrogen) atoms. The summed E-state index contributed by atoms with van der Waals surface area (Å²) in [6.45, 7) is 7.69. The van der Waals surface area contributed by atoms with E-state index in [4.69, 9.17) is 4.74 Å². The van der Waals surface area contributed by atoms with E-state index in [1.807, 2.05) is 20.8 Å². The van der Waals surface area contributed by atoms with Crippen LogP contribution in [0.3, 0.4) is 0 Å². The molecule has 6 heteroatoms. The average Bonchev–Trinajstić information content (AvgIpc) is 2.67. The van der Waals surface area contributed by atoms with E-state index < -0.39 is 5.60 Å². The molecule has 2 amide bonds. The molecule has 0 aromatic carbocycles. The Kier molecular flexibility index (Phi) is 6.08. The van der Waals surface area contributed by atoms with Gasteiger partial charge in [-0.2, -0.15) is 0 Å². The van der Waals surface area contributed by atoms with Gasteiger partial charge in [-0.25, -0.2) is 4.79 Å². The van der Waals surface area contributed by atoms with Crippen molar-refractivity contribution in [3.63, 3.8) is 0 Å². The van der Waals surface area contributed by atoms with Crippen molar-refractivity contribution in [2.45, 2.75) is 51.7 Å². The molecule has 0 bridgehead atoms. The van der Waals surface area contributed by atoms with Gasteiger partial charge in [0, 0.05) is 25.6 Å². The highest BCUT2D eigenvalue weighted by atomic mass is 16.6. The lowest BCUT2D eigenvalue weighted by Gasteiger charge is -2.19. The second-order valence-electron chi connectivity index (χ2n) is 5.79. The average molecular weight is 271 g/mol. The second-order valence-corrected chi connectivity index (χ2v) is 5.79. The van der Waals surface area contributed by atoms with Gasteiger partial charge in [0.05, 0.1) is 0 Å². The van der Waals surface area contributed by atoms with Crippen molar-refractivity contribution in [3.05, 3.63) is 0 Å². The summed E-state index contributed by atoms with van der Waals surface area (Å²) in [6.07, 6.45) is 1.99. The van der Waals surface area contributed by atoms with E-state index in [9.17, 15) is 9.59 Å². The Balaban J connectivity index is 1.94. The normalized spacial score (nSPS) is 19.1. The van der Waals surface area contributed by atoms with Crippen molar-refractivity contribution in [3.8, 4) is 0 Å². The molecule has 1 saturated heterocycles. The molecule has 1 atom stereocenters. The predicted octanol–water partition coefficient (Wildman–Crippen LogP) is 0.769. The molecular weight excluding hydrogens is 246 g/mol. The van der Waals surface area contributed by atoms with Gasteiger partial charge in [-0.1, -0.05) is 0 Å². The Morgan fingerprint density at radius 3 is 2.74 bits per heavy atom. The van der Waals surface area contributed by atoms with E-state index in [1.54, 1.807) is 0 Å². The molecule has 110 valence electrons. The molecule has 6 nitrogen and oxygen atoms in total. The van der Waals surface area contributed by atoms with E-state index in [1.165, 1.54) is 0 Å². The van der Waals surface area contributed by atoms with E-state index >= 15 is 0 Å². The molecule has 0 aromatic rings. The Morgan fingerprint density at radius 1 is 1.42 bits per heavy atom. The highest BCUT2D eigenvalue weighted by molar-refractivity contribution is 5.78. The fourth-order valence-electron chi connectivity index (χ4n) is 1.82. The van der Waals surface area contributed by atoms with Crippen LogP contribution in [0.2, 0.25) is 0 Å². The molecule has 1 unspecified atom stereocenters. The van der Waals surface area contributed by atoms with Gasteiger partial charge >= 0.3 is 6.09 Å². The summed E-state index contributed by atoms with van der Waals surface area (Å²) in [5.74, 6) is 0.137. The number of hydrogen-bond acceptors (Lipinski definition) is 4. The zero-order valence-corrected chi connectivity index (χ0v) is 12.0. The number of nitrogens with one attached hydrogen (secondary N) is 3. The SMILES string of the molecule is CC(C)(C)OC(=O)NCCCNCC1CCC(=O)N1. The maximum absolute atomic E-state index is 11.3. The van der Waals surface area contributed by atoms with E-state index in [0.717, 1.165) is 25.9 Å². The zero-order chi connectivity index (χ0) is 14.3. The largest absolute Gasteiger partial charge is 0.444 e. The highest BCUT2D eigenvalue weighted by Crippen LogP contribution is 2.06. The lowest BCUT2D eigenvalue weighted by Crippen LogP contribution is -2.37. The van der Waals surface area contributed by atoms with Gasteiger partial charge in [-0.3, -0.25) is 4.79 Å². The molecule has 1 aliphatic rings. The van der Waals surface area contributed by atoms with Crippen LogP contribution in [0.1, 0.15) is 40.0 Å². The molecule has 3 N–H and O–H groups in total. The lowest BCUT2D eigenvalue weighted by atomic mass is 10.2. The molecule has 0 aliphatic carbocycles. The fourth-order valence-corrected chi connectivity index (χ4v) is 1.82. The molecule has 0 aromatic heterocycles. The van der Waals surface area contributed by atoms with Gasteiger partial charge in [0.25, 0.3) is 0 Å². The van der Waals surface area contributed by atoms with Gasteiger partial charge in [0.1, 0.15) is 5.60 Å². The van der Waals surface area contributed by atoms with Crippen LogP contribution in [0.4, 0.5) is 4.79 Å². The number of hydrogen-bond donors (Lipinski definition) is 3. The maximum Gasteiger partial charge on any atom is 0.407 e. The number of carbonyl (C=O) groups excluding carboxylic acids is 2. The third kappa shape index (κ3) is 7.66. The Hall–Kier alpha value is -1.30. The zero-order valence-electron chi connectivity index (χ0n) is 12.0. The van der Waals surface area contributed by atoms with Crippen LogP contribution in [0, 0.1) is 0 Å². The summed E-state index contributed by atoms with van der Waals surface area (Å²) in [5.41, 5.74) is -0.455. The maximum atomic E-state index is 11.3. The number of amides is 2. The van der Waals surface area contributed by atoms with Crippen LogP contribution in [0.15, 0.2) is 0 Å². The molecule has 0 saturated carbocycles. The van der Waals surface area contributed by atoms with Crippen LogP contribution >= 0.6 is 0 Å². The molecule has 1 fully saturated rings. The van der Waals surface area contributed by atoms with E-state index in [-0.39, 0.29) is 18.0 Å². The van der Waals surface area contributed by atoms with Gasteiger partial charge < -0.3 is 20.7 Å². The summed E-state index contributed by atoms with van der Waals surface area (Å²) in [5, 5.41) is 8.86. The number of ether oxygens (including phenoxy) is 1. The first-order valence-corrected chi connectivity index (χ1v) is 6.84. The summed E-state index contributed by atoms with van der Waals surface area (Å²) < 4.78 is 5.12. The Labute approximate surface area is 114 Å². The molecule has 1 heterocycles. The first kappa shape index (κ1) is 15.8. The number of alkyl carbamates (subject to hydrolysis) is 1. The van der Waals surface area contributed by atoms with Crippen LogP contribution in [0.25, 0.3) is 0 Å². The summed E-state index contributed by atoms with van der Waals surface area (Å²) in [7, 11) is 0. The minimum absolute atomic E-state index is 0.137. The van der Waals surface area contributed by atoms with Crippen LogP contribution in [0.5, 0.6) is 0 Å². The standard InChI is InChI=1S/C13H25N3O3/c1-13(2,3)19-12(18)15-8-4-7-14-9-10-5-6-11(17)16-10/h10,14H,4-9H2,1-3H3,(H,15,18)(H,16,17). The van der Waals surface area contributed by atoms with E-state index in [2.05, 4.69) is 16.0 Å². The summed E-state index contributed by atoms with van der Waals surface area (Å²) in [6, 6.07) is 0.256. The minimum atomic E-state index is -0.455. The van der Waals surface area contributed by atoms with Crippen LogP contribution in [-0.2, 0) is 9.53 Å². The first-order chi connectivity index (χ1) is 8.87. The molecule has 1 rings (SSSR count). The van der Waals surface area contributed by atoms with Crippen molar-refractivity contribution < 1.29 is 14.3 Å². The van der Waals surface area contributed by atoms with Crippen molar-refractivity contribution in [2.75, 3.05) is 19.6 Å². The topological polar surface area (TPSA) is 79.5 Å². The third-order valence-electron chi connectivity index (χ3n) is 2.67. The fraction of sp³-hybridized carbons (Fsp3) is 0.846. The van der Waals surface area contributed by atoms with Crippen molar-refractivity contribution in [1.82, 2.24) is 16.0 Å². The predicted molar refractivity (Wildman–Crippen MR) is 72.9 cm³/mol. The summed E-state index contributed by atoms with van der Waals surface area (Å²) in [4.78, 5) is 22.3. The van der Waals surface area contributed by atoms with Crippen molar-refractivity contribution >= 4 is 12.0 Å². The highest BCUT2D eigenvalue weighted by Gasteiger charge is 2.19. The first-order valence-electron chi connectivity index (χ1n) is 6.84. The molecule has 1 aliphatic heterocycles. The number of rotatable bonds is 6. The van der Waals surface area contributed by atoms with E-state index in [0.29, 0.717) is 13.0 Å². The van der Waals surface area contributed by atoms with Gasteiger partial charge in [0.2, 0.25) is 5.91 Å².